The lowest BCUT2D eigenvalue weighted by atomic mass is 10.2. The molecule has 0 amide bonds. The van der Waals surface area contributed by atoms with Gasteiger partial charge < -0.3 is 9.16 Å². The number of H-pyrrole nitrogens is 1. The van der Waals surface area contributed by atoms with Crippen molar-refractivity contribution in [2.45, 2.75) is 70.7 Å². The molecule has 0 aliphatic carbocycles. The Morgan fingerprint density at radius 3 is 2.59 bits per heavy atom. The average molecular weight is 398 g/mol. The van der Waals surface area contributed by atoms with Crippen LogP contribution in [0.3, 0.4) is 0 Å². The summed E-state index contributed by atoms with van der Waals surface area (Å²) in [6.07, 6.45) is 2.21. The number of rotatable bonds is 5. The molecule has 1 aliphatic rings. The van der Waals surface area contributed by atoms with Crippen molar-refractivity contribution in [3.05, 3.63) is 55.0 Å². The molecule has 150 valence electrons. The molecule has 2 heterocycles. The van der Waals surface area contributed by atoms with Gasteiger partial charge in [0, 0.05) is 24.3 Å². The third kappa shape index (κ3) is 4.82. The van der Waals surface area contributed by atoms with Crippen LogP contribution < -0.4 is 11.2 Å². The van der Waals surface area contributed by atoms with E-state index < -0.39 is 42.9 Å². The van der Waals surface area contributed by atoms with Gasteiger partial charge in [0.05, 0.1) is 11.0 Å². The molecule has 27 heavy (non-hydrogen) atoms. The first-order valence-corrected chi connectivity index (χ1v) is 11.7. The Bertz CT molecular complexity index is 851. The third-order valence-electron chi connectivity index (χ3n) is 5.22. The molecule has 1 fully saturated rings. The van der Waals surface area contributed by atoms with Gasteiger partial charge in [-0.2, -0.15) is 0 Å². The number of nitrogens with one attached hydrogen (secondary N) is 1. The summed E-state index contributed by atoms with van der Waals surface area (Å²) in [4.78, 5) is 36.2. The molecule has 0 aromatic carbocycles. The summed E-state index contributed by atoms with van der Waals surface area (Å²) in [6, 6.07) is 0. The van der Waals surface area contributed by atoms with Crippen molar-refractivity contribution in [3.8, 4) is 0 Å². The van der Waals surface area contributed by atoms with Crippen LogP contribution in [0.15, 0.2) is 28.1 Å². The normalized spacial score (nSPS) is 23.9. The molecule has 9 nitrogen and oxygen atoms in total. The minimum atomic E-state index is -2.16. The molecule has 0 unspecified atom stereocenters. The molecule has 1 aromatic rings. The second-order valence-corrected chi connectivity index (χ2v) is 13.1. The largest absolute Gasteiger partial charge is 0.411 e. The molecular formula is C17H27N3O6Si. The average Bonchev–Trinajstić information content (AvgIpc) is 2.89. The van der Waals surface area contributed by atoms with Gasteiger partial charge in [-0.05, 0) is 25.1 Å². The molecule has 0 bridgehead atoms. The van der Waals surface area contributed by atoms with Crippen molar-refractivity contribution in [2.75, 3.05) is 0 Å². The predicted molar refractivity (Wildman–Crippen MR) is 103 cm³/mol. The smallest absolute Gasteiger partial charge is 0.330 e. The van der Waals surface area contributed by atoms with Crippen molar-refractivity contribution in [3.63, 3.8) is 0 Å². The maximum absolute atomic E-state index is 12.2. The van der Waals surface area contributed by atoms with Gasteiger partial charge >= 0.3 is 5.69 Å². The van der Waals surface area contributed by atoms with E-state index in [2.05, 4.69) is 38.8 Å². The van der Waals surface area contributed by atoms with Crippen LogP contribution in [0.1, 0.15) is 39.0 Å². The highest BCUT2D eigenvalue weighted by Crippen LogP contribution is 2.41. The van der Waals surface area contributed by atoms with Gasteiger partial charge in [-0.25, -0.2) is 4.79 Å². The molecule has 0 spiro atoms. The van der Waals surface area contributed by atoms with Crippen LogP contribution >= 0.6 is 0 Å². The SMILES string of the molecule is Cc1cn([C@H]2C[C@H](O[Si](C)(C)C(C)(C)C)[C@@H](/C=C/[N+](=O)[O-])O2)c(=O)[nH]c1=O. The van der Waals surface area contributed by atoms with Crippen LogP contribution in [0.25, 0.3) is 0 Å². The quantitative estimate of drug-likeness (QED) is 0.463. The predicted octanol–water partition coefficient (Wildman–Crippen LogP) is 2.31. The Hall–Kier alpha value is -2.04. The van der Waals surface area contributed by atoms with Gasteiger partial charge in [-0.3, -0.25) is 24.5 Å². The molecule has 0 saturated carbocycles. The summed E-state index contributed by atoms with van der Waals surface area (Å²) in [5, 5.41) is 10.7. The second kappa shape index (κ2) is 7.53. The molecular weight excluding hydrogens is 370 g/mol. The van der Waals surface area contributed by atoms with E-state index >= 15 is 0 Å². The Balaban J connectivity index is 2.35. The van der Waals surface area contributed by atoms with Crippen molar-refractivity contribution in [1.29, 1.82) is 0 Å². The number of aromatic amines is 1. The van der Waals surface area contributed by atoms with E-state index in [0.29, 0.717) is 12.0 Å². The Morgan fingerprint density at radius 2 is 2.04 bits per heavy atom. The number of aromatic nitrogens is 2. The number of ether oxygens (including phenoxy) is 1. The monoisotopic (exact) mass is 397 g/mol. The summed E-state index contributed by atoms with van der Waals surface area (Å²) in [6.45, 7) is 12.1. The Labute approximate surface area is 158 Å². The highest BCUT2D eigenvalue weighted by Gasteiger charge is 2.44. The fourth-order valence-corrected chi connectivity index (χ4v) is 3.97. The maximum atomic E-state index is 12.2. The number of nitrogens with zero attached hydrogens (tertiary/aromatic N) is 2. The van der Waals surface area contributed by atoms with Crippen LogP contribution in [0.4, 0.5) is 0 Å². The lowest BCUT2D eigenvalue weighted by Crippen LogP contribution is -2.45. The van der Waals surface area contributed by atoms with Crippen LogP contribution in [0, 0.1) is 17.0 Å². The zero-order valence-corrected chi connectivity index (χ0v) is 17.5. The maximum Gasteiger partial charge on any atom is 0.330 e. The lowest BCUT2D eigenvalue weighted by Gasteiger charge is -2.39. The lowest BCUT2D eigenvalue weighted by molar-refractivity contribution is -0.403. The van der Waals surface area contributed by atoms with E-state index in [1.807, 2.05) is 0 Å². The molecule has 1 saturated heterocycles. The fraction of sp³-hybridized carbons (Fsp3) is 0.647. The number of aryl methyl sites for hydroxylation is 1. The first kappa shape index (κ1) is 21.3. The van der Waals surface area contributed by atoms with Crippen LogP contribution in [0.5, 0.6) is 0 Å². The van der Waals surface area contributed by atoms with Gasteiger partial charge in [0.25, 0.3) is 5.56 Å². The van der Waals surface area contributed by atoms with Crippen LogP contribution in [0.2, 0.25) is 18.1 Å². The Morgan fingerprint density at radius 1 is 1.41 bits per heavy atom. The van der Waals surface area contributed by atoms with Gasteiger partial charge in [0.1, 0.15) is 12.3 Å². The van der Waals surface area contributed by atoms with Crippen molar-refractivity contribution in [1.82, 2.24) is 9.55 Å². The molecule has 2 rings (SSSR count). The first-order valence-electron chi connectivity index (χ1n) is 8.79. The highest BCUT2D eigenvalue weighted by molar-refractivity contribution is 6.74. The van der Waals surface area contributed by atoms with Gasteiger partial charge in [-0.1, -0.05) is 20.8 Å². The second-order valence-electron chi connectivity index (χ2n) is 8.31. The third-order valence-corrected chi connectivity index (χ3v) is 9.72. The molecule has 1 aliphatic heterocycles. The summed E-state index contributed by atoms with van der Waals surface area (Å²) in [5.41, 5.74) is -0.655. The summed E-state index contributed by atoms with van der Waals surface area (Å²) >= 11 is 0. The first-order chi connectivity index (χ1) is 12.3. The van der Waals surface area contributed by atoms with Crippen LogP contribution in [-0.4, -0.2) is 35.0 Å². The van der Waals surface area contributed by atoms with Gasteiger partial charge in [-0.15, -0.1) is 0 Å². The van der Waals surface area contributed by atoms with E-state index in [1.54, 1.807) is 6.92 Å². The molecule has 10 heteroatoms. The van der Waals surface area contributed by atoms with Gasteiger partial charge in [0.2, 0.25) is 6.20 Å². The number of hydrogen-bond donors (Lipinski definition) is 1. The summed E-state index contributed by atoms with van der Waals surface area (Å²) < 4.78 is 13.6. The molecule has 1 aromatic heterocycles. The molecule has 0 radical (unpaired) electrons. The summed E-state index contributed by atoms with van der Waals surface area (Å²) in [7, 11) is -2.16. The van der Waals surface area contributed by atoms with E-state index in [1.165, 1.54) is 16.8 Å². The highest BCUT2D eigenvalue weighted by atomic mass is 28.4. The van der Waals surface area contributed by atoms with E-state index in [-0.39, 0.29) is 5.04 Å². The van der Waals surface area contributed by atoms with Crippen molar-refractivity contribution in [2.24, 2.45) is 0 Å². The zero-order valence-electron chi connectivity index (χ0n) is 16.5. The Kier molecular flexibility index (Phi) is 5.93. The number of nitro groups is 1. The number of hydrogen-bond acceptors (Lipinski definition) is 6. The minimum Gasteiger partial charge on any atom is -0.411 e. The van der Waals surface area contributed by atoms with Crippen molar-refractivity contribution >= 4 is 8.32 Å². The van der Waals surface area contributed by atoms with Crippen LogP contribution in [-0.2, 0) is 9.16 Å². The molecule has 1 N–H and O–H groups in total. The zero-order chi connectivity index (χ0) is 20.6. The summed E-state index contributed by atoms with van der Waals surface area (Å²) in [5.74, 6) is 0. The fourth-order valence-electron chi connectivity index (χ4n) is 2.63. The van der Waals surface area contributed by atoms with Gasteiger partial charge in [0.15, 0.2) is 8.32 Å². The standard InChI is InChI=1S/C17H27N3O6Si/c1-11-10-19(16(22)18-15(11)21)14-9-13(12(25-14)7-8-20(23)24)26-27(5,6)17(2,3)4/h7-8,10,12-14H,9H2,1-6H3,(H,18,21,22)/b8-7+/t12-,13+,14-/m1/s1. The minimum absolute atomic E-state index is 0.0478. The van der Waals surface area contributed by atoms with E-state index in [0.717, 1.165) is 6.20 Å². The topological polar surface area (TPSA) is 116 Å². The van der Waals surface area contributed by atoms with E-state index in [9.17, 15) is 19.7 Å². The molecule has 3 atom stereocenters. The van der Waals surface area contributed by atoms with Crippen molar-refractivity contribution < 1.29 is 14.1 Å². The van der Waals surface area contributed by atoms with E-state index in [4.69, 9.17) is 9.16 Å².